The van der Waals surface area contributed by atoms with Crippen LogP contribution in [0.5, 0.6) is 0 Å². The number of carbonyl (C=O) groups excluding carboxylic acids is 1. The van der Waals surface area contributed by atoms with E-state index in [1.54, 1.807) is 11.3 Å². The topological polar surface area (TPSA) is 45.2 Å². The second-order valence-electron chi connectivity index (χ2n) is 6.64. The highest BCUT2D eigenvalue weighted by Crippen LogP contribution is 2.32. The van der Waals surface area contributed by atoms with Gasteiger partial charge in [-0.1, -0.05) is 23.5 Å². The maximum absolute atomic E-state index is 12.3. The van der Waals surface area contributed by atoms with E-state index in [2.05, 4.69) is 21.3 Å². The maximum Gasteiger partial charge on any atom is 0.225 e. The van der Waals surface area contributed by atoms with E-state index in [1.807, 2.05) is 39.0 Å². The predicted octanol–water partition coefficient (Wildman–Crippen LogP) is 3.04. The largest absolute Gasteiger partial charge is 0.351 e. The standard InChI is InChI=1S/C16H21N3OS/c1-16(2,3)18-14(20)11-8-9-19(10-11)15-17-12-6-4-5-7-13(12)21-15/h4-7,11H,8-10H2,1-3H3,(H,18,20). The molecule has 1 N–H and O–H groups in total. The molecule has 4 nitrogen and oxygen atoms in total. The number of rotatable bonds is 2. The number of benzene rings is 1. The lowest BCUT2D eigenvalue weighted by molar-refractivity contribution is -0.125. The minimum atomic E-state index is -0.166. The van der Waals surface area contributed by atoms with E-state index >= 15 is 0 Å². The van der Waals surface area contributed by atoms with Crippen molar-refractivity contribution in [2.45, 2.75) is 32.7 Å². The summed E-state index contributed by atoms with van der Waals surface area (Å²) < 4.78 is 1.20. The maximum atomic E-state index is 12.3. The molecule has 0 radical (unpaired) electrons. The minimum Gasteiger partial charge on any atom is -0.351 e. The third kappa shape index (κ3) is 3.18. The molecule has 1 amide bonds. The molecule has 3 rings (SSSR count). The highest BCUT2D eigenvalue weighted by atomic mass is 32.1. The molecular weight excluding hydrogens is 282 g/mol. The van der Waals surface area contributed by atoms with Crippen molar-refractivity contribution in [2.24, 2.45) is 5.92 Å². The Kier molecular flexibility index (Phi) is 3.61. The molecule has 0 spiro atoms. The molecule has 1 unspecified atom stereocenters. The second kappa shape index (κ2) is 5.30. The fourth-order valence-corrected chi connectivity index (χ4v) is 3.62. The number of hydrogen-bond acceptors (Lipinski definition) is 4. The van der Waals surface area contributed by atoms with Gasteiger partial charge in [0.2, 0.25) is 5.91 Å². The van der Waals surface area contributed by atoms with Gasteiger partial charge in [-0.25, -0.2) is 4.98 Å². The summed E-state index contributed by atoms with van der Waals surface area (Å²) in [4.78, 5) is 19.2. The van der Waals surface area contributed by atoms with E-state index in [-0.39, 0.29) is 17.4 Å². The summed E-state index contributed by atoms with van der Waals surface area (Å²) in [5.41, 5.74) is 0.875. The highest BCUT2D eigenvalue weighted by molar-refractivity contribution is 7.22. The predicted molar refractivity (Wildman–Crippen MR) is 87.8 cm³/mol. The first kappa shape index (κ1) is 14.3. The van der Waals surface area contributed by atoms with Crippen LogP contribution in [-0.4, -0.2) is 29.5 Å². The third-order valence-corrected chi connectivity index (χ3v) is 4.71. The third-order valence-electron chi connectivity index (χ3n) is 3.61. The number of fused-ring (bicyclic) bond motifs is 1. The number of anilines is 1. The summed E-state index contributed by atoms with van der Waals surface area (Å²) in [6, 6.07) is 8.18. The molecule has 2 aromatic rings. The van der Waals surface area contributed by atoms with E-state index in [0.717, 1.165) is 30.2 Å². The monoisotopic (exact) mass is 303 g/mol. The fourth-order valence-electron chi connectivity index (χ4n) is 2.61. The van der Waals surface area contributed by atoms with E-state index in [4.69, 9.17) is 0 Å². The molecule has 1 atom stereocenters. The van der Waals surface area contributed by atoms with Crippen LogP contribution in [0.15, 0.2) is 24.3 Å². The summed E-state index contributed by atoms with van der Waals surface area (Å²) in [7, 11) is 0. The molecule has 2 heterocycles. The van der Waals surface area contributed by atoms with Gasteiger partial charge in [0.25, 0.3) is 0 Å². The molecule has 21 heavy (non-hydrogen) atoms. The zero-order valence-corrected chi connectivity index (χ0v) is 13.5. The number of thiazole rings is 1. The van der Waals surface area contributed by atoms with E-state index in [9.17, 15) is 4.79 Å². The lowest BCUT2D eigenvalue weighted by Crippen LogP contribution is -2.44. The van der Waals surface area contributed by atoms with Crippen LogP contribution in [0.1, 0.15) is 27.2 Å². The zero-order chi connectivity index (χ0) is 15.0. The lowest BCUT2D eigenvalue weighted by atomic mass is 10.0. The number of para-hydroxylation sites is 1. The Bertz CT molecular complexity index is 626. The molecule has 0 aliphatic carbocycles. The van der Waals surface area contributed by atoms with Crippen LogP contribution in [0.3, 0.4) is 0 Å². The van der Waals surface area contributed by atoms with Crippen LogP contribution in [0.4, 0.5) is 5.13 Å². The average Bonchev–Trinajstić information content (AvgIpc) is 3.03. The Morgan fingerprint density at radius 3 is 2.86 bits per heavy atom. The first-order chi connectivity index (χ1) is 9.92. The second-order valence-corrected chi connectivity index (χ2v) is 7.64. The van der Waals surface area contributed by atoms with E-state index in [0.29, 0.717) is 0 Å². The molecule has 1 aliphatic heterocycles. The molecule has 1 aromatic heterocycles. The lowest BCUT2D eigenvalue weighted by Gasteiger charge is -2.23. The van der Waals surface area contributed by atoms with Crippen molar-refractivity contribution in [3.63, 3.8) is 0 Å². The Morgan fingerprint density at radius 1 is 1.38 bits per heavy atom. The minimum absolute atomic E-state index is 0.0660. The van der Waals surface area contributed by atoms with Gasteiger partial charge in [-0.2, -0.15) is 0 Å². The van der Waals surface area contributed by atoms with Crippen LogP contribution in [0.25, 0.3) is 10.2 Å². The van der Waals surface area contributed by atoms with Crippen LogP contribution < -0.4 is 10.2 Å². The molecule has 1 fully saturated rings. The first-order valence-electron chi connectivity index (χ1n) is 7.35. The molecule has 0 saturated carbocycles. The van der Waals surface area contributed by atoms with E-state index in [1.165, 1.54) is 4.70 Å². The van der Waals surface area contributed by atoms with Gasteiger partial charge >= 0.3 is 0 Å². The molecule has 1 saturated heterocycles. The summed E-state index contributed by atoms with van der Waals surface area (Å²) in [5.74, 6) is 0.224. The smallest absolute Gasteiger partial charge is 0.225 e. The Hall–Kier alpha value is -1.62. The number of amides is 1. The summed E-state index contributed by atoms with van der Waals surface area (Å²) in [6.07, 6.45) is 0.901. The normalized spacial score (nSPS) is 19.2. The van der Waals surface area contributed by atoms with Gasteiger partial charge in [-0.05, 0) is 39.3 Å². The Morgan fingerprint density at radius 2 is 2.14 bits per heavy atom. The van der Waals surface area contributed by atoms with Gasteiger partial charge in [0.1, 0.15) is 0 Å². The van der Waals surface area contributed by atoms with Crippen molar-refractivity contribution in [3.8, 4) is 0 Å². The average molecular weight is 303 g/mol. The summed E-state index contributed by atoms with van der Waals surface area (Å²) in [6.45, 7) is 7.73. The first-order valence-corrected chi connectivity index (χ1v) is 8.16. The van der Waals surface area contributed by atoms with Gasteiger partial charge in [0.15, 0.2) is 5.13 Å². The number of nitrogens with zero attached hydrogens (tertiary/aromatic N) is 2. The number of aromatic nitrogens is 1. The molecule has 1 aromatic carbocycles. The van der Waals surface area contributed by atoms with Gasteiger partial charge < -0.3 is 10.2 Å². The molecular formula is C16H21N3OS. The summed E-state index contributed by atoms with van der Waals surface area (Å²) in [5, 5.41) is 4.11. The van der Waals surface area contributed by atoms with Crippen LogP contribution in [-0.2, 0) is 4.79 Å². The molecule has 1 aliphatic rings. The molecule has 0 bridgehead atoms. The van der Waals surface area contributed by atoms with E-state index < -0.39 is 0 Å². The summed E-state index contributed by atoms with van der Waals surface area (Å²) >= 11 is 1.70. The van der Waals surface area contributed by atoms with Crippen LogP contribution in [0.2, 0.25) is 0 Å². The number of nitrogens with one attached hydrogen (secondary N) is 1. The van der Waals surface area contributed by atoms with Crippen molar-refractivity contribution in [3.05, 3.63) is 24.3 Å². The van der Waals surface area contributed by atoms with Gasteiger partial charge in [-0.3, -0.25) is 4.79 Å². The van der Waals surface area contributed by atoms with Crippen molar-refractivity contribution in [1.29, 1.82) is 0 Å². The SMILES string of the molecule is CC(C)(C)NC(=O)C1CCN(c2nc3ccccc3s2)C1. The van der Waals surface area contributed by atoms with Crippen molar-refractivity contribution in [1.82, 2.24) is 10.3 Å². The van der Waals surface area contributed by atoms with Crippen molar-refractivity contribution in [2.75, 3.05) is 18.0 Å². The number of hydrogen-bond donors (Lipinski definition) is 1. The Labute approximate surface area is 129 Å². The molecule has 112 valence electrons. The van der Waals surface area contributed by atoms with Gasteiger partial charge in [0, 0.05) is 18.6 Å². The van der Waals surface area contributed by atoms with Gasteiger partial charge in [-0.15, -0.1) is 0 Å². The van der Waals surface area contributed by atoms with Crippen LogP contribution in [0, 0.1) is 5.92 Å². The molecule has 5 heteroatoms. The highest BCUT2D eigenvalue weighted by Gasteiger charge is 2.31. The van der Waals surface area contributed by atoms with Crippen LogP contribution >= 0.6 is 11.3 Å². The van der Waals surface area contributed by atoms with Gasteiger partial charge in [0.05, 0.1) is 16.1 Å². The van der Waals surface area contributed by atoms with Crippen molar-refractivity contribution >= 4 is 32.6 Å². The quantitative estimate of drug-likeness (QED) is 0.927. The number of carbonyl (C=O) groups is 1. The van der Waals surface area contributed by atoms with Crippen molar-refractivity contribution < 1.29 is 4.79 Å². The zero-order valence-electron chi connectivity index (χ0n) is 12.7. The fraction of sp³-hybridized carbons (Fsp3) is 0.500. The Balaban J connectivity index is 1.70.